The van der Waals surface area contributed by atoms with Gasteiger partial charge in [0.15, 0.2) is 9.84 Å². The highest BCUT2D eigenvalue weighted by molar-refractivity contribution is 7.91. The maximum atomic E-state index is 11.4. The molecule has 4 N–H and O–H groups in total. The molecule has 0 aliphatic carbocycles. The number of benzene rings is 1. The molecule has 1 heterocycles. The summed E-state index contributed by atoms with van der Waals surface area (Å²) in [7, 11) is -2.96. The largest absolute Gasteiger partial charge is 0.397 e. The molecule has 2 aromatic rings. The van der Waals surface area contributed by atoms with Gasteiger partial charge < -0.3 is 11.1 Å². The molecule has 98 valence electrons. The number of nitrogens with zero attached hydrogens (tertiary/aromatic N) is 1. The SMILES string of the molecule is CCS(=O)(=O)CCNc1cc2[nH]ncc2cc1N. The first-order valence-corrected chi connectivity index (χ1v) is 7.51. The van der Waals surface area contributed by atoms with Gasteiger partial charge in [-0.15, -0.1) is 0 Å². The van der Waals surface area contributed by atoms with Crippen LogP contribution in [0.1, 0.15) is 6.92 Å². The van der Waals surface area contributed by atoms with E-state index in [0.717, 1.165) is 16.6 Å². The Bertz CT molecular complexity index is 648. The van der Waals surface area contributed by atoms with Crippen LogP contribution in [-0.2, 0) is 9.84 Å². The van der Waals surface area contributed by atoms with Crippen LogP contribution < -0.4 is 11.1 Å². The number of hydrogen-bond donors (Lipinski definition) is 3. The molecule has 0 fully saturated rings. The lowest BCUT2D eigenvalue weighted by Gasteiger charge is -2.09. The normalized spacial score (nSPS) is 11.8. The summed E-state index contributed by atoms with van der Waals surface area (Å²) in [4.78, 5) is 0. The summed E-state index contributed by atoms with van der Waals surface area (Å²) in [6, 6.07) is 3.63. The van der Waals surface area contributed by atoms with Crippen LogP contribution in [0.15, 0.2) is 18.3 Å². The van der Waals surface area contributed by atoms with Crippen LogP contribution in [0.2, 0.25) is 0 Å². The van der Waals surface area contributed by atoms with Crippen molar-refractivity contribution in [2.24, 2.45) is 0 Å². The number of aromatic amines is 1. The Labute approximate surface area is 105 Å². The predicted octanol–water partition coefficient (Wildman–Crippen LogP) is 0.992. The highest BCUT2D eigenvalue weighted by atomic mass is 32.2. The third-order valence-corrected chi connectivity index (χ3v) is 4.48. The Balaban J connectivity index is 2.09. The molecule has 2 rings (SSSR count). The van der Waals surface area contributed by atoms with Gasteiger partial charge in [-0.1, -0.05) is 6.92 Å². The Morgan fingerprint density at radius 1 is 1.44 bits per heavy atom. The number of nitrogen functional groups attached to an aromatic ring is 1. The van der Waals surface area contributed by atoms with E-state index in [1.165, 1.54) is 0 Å². The van der Waals surface area contributed by atoms with Crippen LogP contribution in [0.3, 0.4) is 0 Å². The van der Waals surface area contributed by atoms with E-state index in [4.69, 9.17) is 5.73 Å². The van der Waals surface area contributed by atoms with Gasteiger partial charge >= 0.3 is 0 Å². The summed E-state index contributed by atoms with van der Waals surface area (Å²) in [5.41, 5.74) is 8.04. The van der Waals surface area contributed by atoms with E-state index < -0.39 is 9.84 Å². The Morgan fingerprint density at radius 3 is 2.94 bits per heavy atom. The van der Waals surface area contributed by atoms with Crippen LogP contribution in [0, 0.1) is 0 Å². The molecule has 0 bridgehead atoms. The van der Waals surface area contributed by atoms with Gasteiger partial charge in [0.2, 0.25) is 0 Å². The van der Waals surface area contributed by atoms with Crippen molar-refractivity contribution >= 4 is 32.1 Å². The van der Waals surface area contributed by atoms with Gasteiger partial charge in [-0.05, 0) is 12.1 Å². The van der Waals surface area contributed by atoms with Gasteiger partial charge in [0.25, 0.3) is 0 Å². The lowest BCUT2D eigenvalue weighted by Crippen LogP contribution is -2.17. The predicted molar refractivity (Wildman–Crippen MR) is 73.3 cm³/mol. The second-order valence-corrected chi connectivity index (χ2v) is 6.53. The number of sulfone groups is 1. The van der Waals surface area contributed by atoms with E-state index in [1.807, 2.05) is 6.07 Å². The van der Waals surface area contributed by atoms with Crippen molar-refractivity contribution in [2.75, 3.05) is 29.1 Å². The zero-order valence-corrected chi connectivity index (χ0v) is 10.9. The fourth-order valence-electron chi connectivity index (χ4n) is 1.65. The van der Waals surface area contributed by atoms with Gasteiger partial charge in [0, 0.05) is 17.7 Å². The van der Waals surface area contributed by atoms with Crippen molar-refractivity contribution in [1.82, 2.24) is 10.2 Å². The highest BCUT2D eigenvalue weighted by Crippen LogP contribution is 2.24. The number of nitrogens with one attached hydrogen (secondary N) is 2. The molecule has 0 saturated heterocycles. The van der Waals surface area contributed by atoms with Gasteiger partial charge in [-0.25, -0.2) is 8.42 Å². The monoisotopic (exact) mass is 268 g/mol. The second kappa shape index (κ2) is 4.85. The number of hydrogen-bond acceptors (Lipinski definition) is 5. The first kappa shape index (κ1) is 12.7. The van der Waals surface area contributed by atoms with Crippen LogP contribution in [0.25, 0.3) is 10.9 Å². The van der Waals surface area contributed by atoms with Gasteiger partial charge in [0.05, 0.1) is 28.8 Å². The van der Waals surface area contributed by atoms with Crippen molar-refractivity contribution in [1.29, 1.82) is 0 Å². The molecule has 0 radical (unpaired) electrons. The molecular weight excluding hydrogens is 252 g/mol. The molecule has 0 aliphatic rings. The van der Waals surface area contributed by atoms with Crippen molar-refractivity contribution in [2.45, 2.75) is 6.92 Å². The van der Waals surface area contributed by atoms with Crippen molar-refractivity contribution in [3.8, 4) is 0 Å². The van der Waals surface area contributed by atoms with Crippen LogP contribution >= 0.6 is 0 Å². The minimum atomic E-state index is -2.96. The highest BCUT2D eigenvalue weighted by Gasteiger charge is 2.08. The van der Waals surface area contributed by atoms with E-state index in [1.54, 1.807) is 19.2 Å². The summed E-state index contributed by atoms with van der Waals surface area (Å²) in [6.45, 7) is 1.99. The molecule has 0 aliphatic heterocycles. The fraction of sp³-hybridized carbons (Fsp3) is 0.364. The minimum Gasteiger partial charge on any atom is -0.397 e. The topological polar surface area (TPSA) is 101 Å². The van der Waals surface area contributed by atoms with E-state index in [9.17, 15) is 8.42 Å². The maximum absolute atomic E-state index is 11.4. The van der Waals surface area contributed by atoms with E-state index >= 15 is 0 Å². The van der Waals surface area contributed by atoms with Crippen LogP contribution in [0.4, 0.5) is 11.4 Å². The summed E-state index contributed by atoms with van der Waals surface area (Å²) >= 11 is 0. The summed E-state index contributed by atoms with van der Waals surface area (Å²) in [6.07, 6.45) is 1.69. The Hall–Kier alpha value is -1.76. The Morgan fingerprint density at radius 2 is 2.22 bits per heavy atom. The standard InChI is InChI=1S/C11H16N4O2S/c1-2-18(16,17)4-3-13-11-6-10-8(5-9(11)12)7-14-15-10/h5-7,13H,2-4,12H2,1H3,(H,14,15). The maximum Gasteiger partial charge on any atom is 0.151 e. The molecular formula is C11H16N4O2S. The molecule has 0 spiro atoms. The van der Waals surface area contributed by atoms with Gasteiger partial charge in [-0.2, -0.15) is 5.10 Å². The van der Waals surface area contributed by atoms with Crippen molar-refractivity contribution in [3.63, 3.8) is 0 Å². The lowest BCUT2D eigenvalue weighted by atomic mass is 10.2. The van der Waals surface area contributed by atoms with E-state index in [2.05, 4.69) is 15.5 Å². The first-order chi connectivity index (χ1) is 8.52. The number of anilines is 2. The molecule has 1 aromatic heterocycles. The van der Waals surface area contributed by atoms with E-state index in [0.29, 0.717) is 12.2 Å². The first-order valence-electron chi connectivity index (χ1n) is 5.69. The van der Waals surface area contributed by atoms with Gasteiger partial charge in [0.1, 0.15) is 0 Å². The fourth-order valence-corrected chi connectivity index (χ4v) is 2.35. The molecule has 1 aromatic carbocycles. The van der Waals surface area contributed by atoms with Crippen LogP contribution in [0.5, 0.6) is 0 Å². The minimum absolute atomic E-state index is 0.101. The number of nitrogens with two attached hydrogens (primary N) is 1. The summed E-state index contributed by atoms with van der Waals surface area (Å²) in [5, 5.41) is 10.7. The van der Waals surface area contributed by atoms with Crippen LogP contribution in [-0.4, -0.2) is 36.7 Å². The zero-order valence-electron chi connectivity index (χ0n) is 10.1. The zero-order chi connectivity index (χ0) is 13.2. The Kier molecular flexibility index (Phi) is 3.42. The molecule has 6 nitrogen and oxygen atoms in total. The average Bonchev–Trinajstić information content (AvgIpc) is 2.76. The quantitative estimate of drug-likeness (QED) is 0.702. The summed E-state index contributed by atoms with van der Waals surface area (Å²) < 4.78 is 22.7. The summed E-state index contributed by atoms with van der Waals surface area (Å²) in [5.74, 6) is 0.258. The van der Waals surface area contributed by atoms with E-state index in [-0.39, 0.29) is 11.5 Å². The second-order valence-electron chi connectivity index (χ2n) is 4.06. The van der Waals surface area contributed by atoms with Gasteiger partial charge in [-0.3, -0.25) is 5.10 Å². The number of aromatic nitrogens is 2. The molecule has 18 heavy (non-hydrogen) atoms. The third kappa shape index (κ3) is 2.73. The molecule has 0 amide bonds. The lowest BCUT2D eigenvalue weighted by molar-refractivity contribution is 0.597. The number of fused-ring (bicyclic) bond motifs is 1. The third-order valence-electron chi connectivity index (χ3n) is 2.78. The molecule has 0 unspecified atom stereocenters. The van der Waals surface area contributed by atoms with Crippen molar-refractivity contribution < 1.29 is 8.42 Å². The smallest absolute Gasteiger partial charge is 0.151 e. The molecule has 0 atom stereocenters. The average molecular weight is 268 g/mol. The molecule has 7 heteroatoms. The number of rotatable bonds is 5. The molecule has 0 saturated carbocycles. The van der Waals surface area contributed by atoms with Crippen molar-refractivity contribution in [3.05, 3.63) is 18.3 Å². The number of H-pyrrole nitrogens is 1.